The first-order valence-corrected chi connectivity index (χ1v) is 9.49. The van der Waals surface area contributed by atoms with Crippen molar-refractivity contribution in [2.75, 3.05) is 6.54 Å². The van der Waals surface area contributed by atoms with Gasteiger partial charge in [0.2, 0.25) is 5.91 Å². The predicted octanol–water partition coefficient (Wildman–Crippen LogP) is 2.51. The Kier molecular flexibility index (Phi) is 4.56. The first-order chi connectivity index (χ1) is 12.5. The van der Waals surface area contributed by atoms with E-state index in [0.29, 0.717) is 18.4 Å². The number of piperidine rings is 1. The Balaban J connectivity index is 1.51. The summed E-state index contributed by atoms with van der Waals surface area (Å²) < 4.78 is 7.01. The topological polar surface area (TPSA) is 76.2 Å². The summed E-state index contributed by atoms with van der Waals surface area (Å²) >= 11 is 0. The second kappa shape index (κ2) is 6.87. The lowest BCUT2D eigenvalue weighted by Gasteiger charge is -2.41. The number of amides is 1. The fourth-order valence-corrected chi connectivity index (χ4v) is 4.02. The summed E-state index contributed by atoms with van der Waals surface area (Å²) in [7, 11) is 1.93. The van der Waals surface area contributed by atoms with Crippen LogP contribution in [0.4, 0.5) is 0 Å². The third-order valence-electron chi connectivity index (χ3n) is 5.55. The molecule has 7 heteroatoms. The maximum Gasteiger partial charge on any atom is 0.223 e. The average molecular weight is 357 g/mol. The molecule has 0 bridgehead atoms. The molecule has 3 atom stereocenters. The zero-order valence-corrected chi connectivity index (χ0v) is 15.7. The summed E-state index contributed by atoms with van der Waals surface area (Å²) in [6.07, 6.45) is 7.75. The Morgan fingerprint density at radius 1 is 1.38 bits per heavy atom. The van der Waals surface area contributed by atoms with Gasteiger partial charge in [-0.2, -0.15) is 5.10 Å². The number of hydrogen-bond acceptors (Lipinski definition) is 5. The molecule has 7 nitrogen and oxygen atoms in total. The van der Waals surface area contributed by atoms with E-state index in [-0.39, 0.29) is 18.0 Å². The van der Waals surface area contributed by atoms with Crippen molar-refractivity contribution in [1.29, 1.82) is 0 Å². The molecule has 1 saturated heterocycles. The van der Waals surface area contributed by atoms with E-state index in [4.69, 9.17) is 4.52 Å². The van der Waals surface area contributed by atoms with Crippen LogP contribution in [0.3, 0.4) is 0 Å². The van der Waals surface area contributed by atoms with E-state index in [1.54, 1.807) is 0 Å². The molecule has 0 aromatic carbocycles. The molecule has 3 heterocycles. The number of nitrogens with zero attached hydrogens (tertiary/aromatic N) is 4. The lowest BCUT2D eigenvalue weighted by atomic mass is 9.85. The van der Waals surface area contributed by atoms with E-state index < -0.39 is 0 Å². The van der Waals surface area contributed by atoms with E-state index in [1.807, 2.05) is 30.9 Å². The van der Waals surface area contributed by atoms with Crippen LogP contribution in [0, 0.1) is 12.8 Å². The Bertz CT molecular complexity index is 778. The smallest absolute Gasteiger partial charge is 0.223 e. The van der Waals surface area contributed by atoms with Crippen molar-refractivity contribution in [3.05, 3.63) is 35.5 Å². The molecule has 1 aliphatic heterocycles. The molecule has 0 radical (unpaired) electrons. The summed E-state index contributed by atoms with van der Waals surface area (Å²) in [5.74, 6) is 1.48. The van der Waals surface area contributed by atoms with Crippen LogP contribution in [-0.4, -0.2) is 38.3 Å². The molecular formula is C19H27N5O2. The summed E-state index contributed by atoms with van der Waals surface area (Å²) in [5.41, 5.74) is 2.07. The van der Waals surface area contributed by atoms with E-state index in [9.17, 15) is 4.79 Å². The van der Waals surface area contributed by atoms with Gasteiger partial charge in [-0.1, -0.05) is 5.16 Å². The monoisotopic (exact) mass is 357 g/mol. The van der Waals surface area contributed by atoms with Crippen LogP contribution in [0.1, 0.15) is 61.7 Å². The van der Waals surface area contributed by atoms with Crippen LogP contribution in [0.25, 0.3) is 0 Å². The van der Waals surface area contributed by atoms with Crippen molar-refractivity contribution in [2.45, 2.75) is 57.7 Å². The van der Waals surface area contributed by atoms with Crippen LogP contribution in [0.15, 0.2) is 23.0 Å². The molecule has 0 spiro atoms. The molecule has 26 heavy (non-hydrogen) atoms. The minimum absolute atomic E-state index is 0.108. The minimum Gasteiger partial charge on any atom is -0.361 e. The highest BCUT2D eigenvalue weighted by Gasteiger charge is 2.44. The fraction of sp³-hybridized carbons (Fsp3) is 0.632. The Morgan fingerprint density at radius 2 is 2.19 bits per heavy atom. The lowest BCUT2D eigenvalue weighted by Crippen LogP contribution is -2.47. The number of carbonyl (C=O) groups is 1. The summed E-state index contributed by atoms with van der Waals surface area (Å²) in [5, 5.41) is 12.1. The standard InChI is InChI=1S/C19H27N5O2/c1-12-8-17(22-26-12)13(2)20-9-14-4-7-18(25)24(16-5-6-16)19(14)15-10-21-23(3)11-15/h8,10-11,13-14,16,19-20H,4-7,9H2,1-3H3/t13?,14-,19+/m1/s1. The van der Waals surface area contributed by atoms with Gasteiger partial charge in [0.1, 0.15) is 11.5 Å². The van der Waals surface area contributed by atoms with Crippen LogP contribution < -0.4 is 5.32 Å². The van der Waals surface area contributed by atoms with Gasteiger partial charge in [0, 0.05) is 43.9 Å². The van der Waals surface area contributed by atoms with E-state index in [0.717, 1.165) is 42.8 Å². The van der Waals surface area contributed by atoms with Crippen LogP contribution >= 0.6 is 0 Å². The van der Waals surface area contributed by atoms with Gasteiger partial charge in [-0.05, 0) is 39.0 Å². The summed E-state index contributed by atoms with van der Waals surface area (Å²) in [6, 6.07) is 2.60. The van der Waals surface area contributed by atoms with Crippen LogP contribution in [-0.2, 0) is 11.8 Å². The number of aromatic nitrogens is 3. The normalized spacial score (nSPS) is 24.9. The van der Waals surface area contributed by atoms with Crippen molar-refractivity contribution in [3.8, 4) is 0 Å². The van der Waals surface area contributed by atoms with Crippen LogP contribution in [0.5, 0.6) is 0 Å². The van der Waals surface area contributed by atoms with Gasteiger partial charge in [-0.15, -0.1) is 0 Å². The van der Waals surface area contributed by atoms with Gasteiger partial charge in [0.15, 0.2) is 0 Å². The van der Waals surface area contributed by atoms with Crippen molar-refractivity contribution < 1.29 is 9.32 Å². The maximum atomic E-state index is 12.6. The molecular weight excluding hydrogens is 330 g/mol. The lowest BCUT2D eigenvalue weighted by molar-refractivity contribution is -0.139. The average Bonchev–Trinajstić information content (AvgIpc) is 3.21. The third-order valence-corrected chi connectivity index (χ3v) is 5.55. The van der Waals surface area contributed by atoms with E-state index in [2.05, 4.69) is 33.6 Å². The highest BCUT2D eigenvalue weighted by Crippen LogP contribution is 2.43. The molecule has 2 fully saturated rings. The highest BCUT2D eigenvalue weighted by molar-refractivity contribution is 5.78. The van der Waals surface area contributed by atoms with Crippen molar-refractivity contribution in [3.63, 3.8) is 0 Å². The third kappa shape index (κ3) is 3.40. The molecule has 1 amide bonds. The van der Waals surface area contributed by atoms with E-state index in [1.165, 1.54) is 0 Å². The minimum atomic E-state index is 0.108. The Morgan fingerprint density at radius 3 is 2.81 bits per heavy atom. The van der Waals surface area contributed by atoms with E-state index >= 15 is 0 Å². The van der Waals surface area contributed by atoms with Gasteiger partial charge in [-0.25, -0.2) is 0 Å². The zero-order valence-electron chi connectivity index (χ0n) is 15.7. The highest BCUT2D eigenvalue weighted by atomic mass is 16.5. The summed E-state index contributed by atoms with van der Waals surface area (Å²) in [4.78, 5) is 14.8. The number of rotatable bonds is 6. The quantitative estimate of drug-likeness (QED) is 0.860. The maximum absolute atomic E-state index is 12.6. The molecule has 1 saturated carbocycles. The largest absolute Gasteiger partial charge is 0.361 e. The van der Waals surface area contributed by atoms with Gasteiger partial charge in [0.05, 0.1) is 18.3 Å². The predicted molar refractivity (Wildman–Crippen MR) is 96.2 cm³/mol. The van der Waals surface area contributed by atoms with Gasteiger partial charge in [-0.3, -0.25) is 9.48 Å². The molecule has 1 unspecified atom stereocenters. The first kappa shape index (κ1) is 17.3. The molecule has 2 aromatic heterocycles. The van der Waals surface area contributed by atoms with Crippen molar-refractivity contribution >= 4 is 5.91 Å². The zero-order chi connectivity index (χ0) is 18.3. The number of likely N-dealkylation sites (tertiary alicyclic amines) is 1. The molecule has 2 aromatic rings. The fourth-order valence-electron chi connectivity index (χ4n) is 4.02. The molecule has 2 aliphatic rings. The Labute approximate surface area is 153 Å². The first-order valence-electron chi connectivity index (χ1n) is 9.49. The van der Waals surface area contributed by atoms with Gasteiger partial charge >= 0.3 is 0 Å². The molecule has 1 N–H and O–H groups in total. The molecule has 1 aliphatic carbocycles. The number of carbonyl (C=O) groups excluding carboxylic acids is 1. The van der Waals surface area contributed by atoms with Crippen LogP contribution in [0.2, 0.25) is 0 Å². The SMILES string of the molecule is Cc1cc(C(C)NC[C@H]2CCC(=O)N(C3CC3)[C@@H]2c2cnn(C)c2)no1. The van der Waals surface area contributed by atoms with Gasteiger partial charge < -0.3 is 14.7 Å². The van der Waals surface area contributed by atoms with Crippen molar-refractivity contribution in [2.24, 2.45) is 13.0 Å². The van der Waals surface area contributed by atoms with Gasteiger partial charge in [0.25, 0.3) is 0 Å². The molecule has 4 rings (SSSR count). The Hall–Kier alpha value is -2.15. The number of aryl methyl sites for hydroxylation is 2. The van der Waals surface area contributed by atoms with Crippen molar-refractivity contribution in [1.82, 2.24) is 25.2 Å². The second-order valence-corrected chi connectivity index (χ2v) is 7.72. The summed E-state index contributed by atoms with van der Waals surface area (Å²) in [6.45, 7) is 4.84. The number of nitrogens with one attached hydrogen (secondary N) is 1. The molecule has 140 valence electrons. The second-order valence-electron chi connectivity index (χ2n) is 7.72. The number of hydrogen-bond donors (Lipinski definition) is 1.